The van der Waals surface area contributed by atoms with Gasteiger partial charge in [-0.2, -0.15) is 0 Å². The van der Waals surface area contributed by atoms with Crippen molar-refractivity contribution in [3.8, 4) is 0 Å². The van der Waals surface area contributed by atoms with Crippen molar-refractivity contribution in [1.29, 1.82) is 16.2 Å². The molecule has 7 nitrogen and oxygen atoms in total. The Bertz CT molecular complexity index is 549. The maximum Gasteiger partial charge on any atom is 0.231 e. The molecular weight excluding hydrogens is 294 g/mol. The average molecular weight is 313 g/mol. The molecule has 2 aromatic carbocycles. The second kappa shape index (κ2) is 16.5. The largest absolute Gasteiger partial charge is 0.370 e. The molecule has 7 heteroatoms. The zero-order chi connectivity index (χ0) is 17.9. The minimum atomic E-state index is -0.333. The molecule has 0 saturated heterocycles. The van der Waals surface area contributed by atoms with Crippen molar-refractivity contribution in [1.82, 2.24) is 0 Å². The molecule has 0 aromatic heterocycles. The van der Waals surface area contributed by atoms with Gasteiger partial charge in [0.15, 0.2) is 5.96 Å². The molecule has 0 unspecified atom stereocenters. The second-order valence-electron chi connectivity index (χ2n) is 3.81. The molecule has 0 fully saturated rings. The van der Waals surface area contributed by atoms with Gasteiger partial charge in [-0.3, -0.25) is 5.41 Å². The number of isocyanates is 2. The highest BCUT2D eigenvalue weighted by atomic mass is 16.1. The first-order valence-electron chi connectivity index (χ1n) is 6.26. The van der Waals surface area contributed by atoms with Crippen LogP contribution in [0, 0.1) is 16.2 Å². The van der Waals surface area contributed by atoms with Gasteiger partial charge in [0, 0.05) is 0 Å². The number of nitrogens with one attached hydrogen (secondary N) is 3. The van der Waals surface area contributed by atoms with Crippen LogP contribution in [0.25, 0.3) is 0 Å². The summed E-state index contributed by atoms with van der Waals surface area (Å²) in [7, 11) is 0. The van der Waals surface area contributed by atoms with E-state index in [0.717, 1.165) is 18.6 Å². The van der Waals surface area contributed by atoms with Crippen molar-refractivity contribution in [2.45, 2.75) is 6.42 Å². The maximum absolute atomic E-state index is 8.35. The normalized spacial score (nSPS) is 7.30. The van der Waals surface area contributed by atoms with Gasteiger partial charge in [-0.1, -0.05) is 60.7 Å². The second-order valence-corrected chi connectivity index (χ2v) is 3.81. The Hall–Kier alpha value is -3.53. The maximum atomic E-state index is 8.35. The summed E-state index contributed by atoms with van der Waals surface area (Å²) in [5.74, 6) is -0.333. The third-order valence-electron chi connectivity index (χ3n) is 2.09. The Labute approximate surface area is 134 Å². The predicted octanol–water partition coefficient (Wildman–Crippen LogP) is 1.92. The number of rotatable bonds is 2. The van der Waals surface area contributed by atoms with Gasteiger partial charge in [0.1, 0.15) is 0 Å². The van der Waals surface area contributed by atoms with E-state index in [1.54, 1.807) is 0 Å². The number of hydrogen-bond acceptors (Lipinski definition) is 5. The zero-order valence-corrected chi connectivity index (χ0v) is 12.5. The summed E-state index contributed by atoms with van der Waals surface area (Å²) in [6.07, 6.45) is 2.53. The summed E-state index contributed by atoms with van der Waals surface area (Å²) in [5.41, 5.74) is 11.7. The van der Waals surface area contributed by atoms with E-state index >= 15 is 0 Å². The van der Waals surface area contributed by atoms with Gasteiger partial charge >= 0.3 is 0 Å². The van der Waals surface area contributed by atoms with Crippen LogP contribution < -0.4 is 11.5 Å². The quantitative estimate of drug-likeness (QED) is 0.326. The highest BCUT2D eigenvalue weighted by Gasteiger charge is 1.92. The monoisotopic (exact) mass is 313 g/mol. The van der Waals surface area contributed by atoms with Crippen molar-refractivity contribution in [3.63, 3.8) is 0 Å². The number of hydrogen-bond donors (Lipinski definition) is 5. The number of benzene rings is 2. The molecule has 23 heavy (non-hydrogen) atoms. The summed E-state index contributed by atoms with van der Waals surface area (Å²) in [6, 6.07) is 21.1. The molecule has 0 heterocycles. The van der Waals surface area contributed by atoms with Crippen LogP contribution >= 0.6 is 0 Å². The number of carbonyl (C=O) groups excluding carboxylic acids is 2. The minimum Gasteiger partial charge on any atom is -0.370 e. The van der Waals surface area contributed by atoms with E-state index in [-0.39, 0.29) is 5.96 Å². The molecule has 0 radical (unpaired) electrons. The first-order chi connectivity index (χ1) is 11.0. The minimum absolute atomic E-state index is 0.333. The van der Waals surface area contributed by atoms with Crippen LogP contribution in [0.3, 0.4) is 0 Å². The van der Waals surface area contributed by atoms with E-state index in [1.807, 2.05) is 0 Å². The standard InChI is InChI=1S/C13H12.CH5N3.2CHNO/c1-3-7-12(8-4-1)11-13-9-5-2-6-10-13;2-1(3)4;2*2-1-3/h1-10H,11H2;(H5,2,3,4);2*2H. The third kappa shape index (κ3) is 18.5. The molecular formula is C16H19N5O2. The molecule has 0 spiro atoms. The van der Waals surface area contributed by atoms with Crippen LogP contribution in [0.4, 0.5) is 0 Å². The van der Waals surface area contributed by atoms with Gasteiger partial charge < -0.3 is 11.5 Å². The Kier molecular flexibility index (Phi) is 15.6. The van der Waals surface area contributed by atoms with Gasteiger partial charge in [-0.05, 0) is 17.5 Å². The third-order valence-corrected chi connectivity index (χ3v) is 2.09. The average Bonchev–Trinajstić information content (AvgIpc) is 2.50. The lowest BCUT2D eigenvalue weighted by molar-refractivity contribution is 0.562. The summed E-state index contributed by atoms with van der Waals surface area (Å²) >= 11 is 0. The molecule has 2 aromatic rings. The number of guanidine groups is 1. The van der Waals surface area contributed by atoms with Crippen LogP contribution in [0.1, 0.15) is 11.1 Å². The van der Waals surface area contributed by atoms with Gasteiger partial charge in [-0.25, -0.2) is 20.4 Å². The molecule has 0 bridgehead atoms. The first-order valence-corrected chi connectivity index (χ1v) is 6.26. The Balaban J connectivity index is 0. The molecule has 0 aliphatic carbocycles. The summed E-state index contributed by atoms with van der Waals surface area (Å²) in [5, 5.41) is 16.9. The van der Waals surface area contributed by atoms with Gasteiger partial charge in [0.2, 0.25) is 12.2 Å². The summed E-state index contributed by atoms with van der Waals surface area (Å²) in [6.45, 7) is 0. The Morgan fingerprint density at radius 2 is 1.00 bits per heavy atom. The van der Waals surface area contributed by atoms with E-state index in [9.17, 15) is 0 Å². The highest BCUT2D eigenvalue weighted by Crippen LogP contribution is 2.07. The van der Waals surface area contributed by atoms with Crippen LogP contribution in [0.2, 0.25) is 0 Å². The fourth-order valence-corrected chi connectivity index (χ4v) is 1.43. The SMILES string of the molecule is N=C(N)N.N=C=O.N=C=O.c1ccc(Cc2ccccc2)cc1. The molecule has 0 atom stereocenters. The Morgan fingerprint density at radius 1 is 0.783 bits per heavy atom. The molecule has 120 valence electrons. The molecule has 0 aliphatic rings. The fourth-order valence-electron chi connectivity index (χ4n) is 1.43. The Morgan fingerprint density at radius 3 is 1.22 bits per heavy atom. The summed E-state index contributed by atoms with van der Waals surface area (Å²) in [4.78, 5) is 16.7. The van der Waals surface area contributed by atoms with E-state index in [0.29, 0.717) is 0 Å². The molecule has 0 saturated carbocycles. The highest BCUT2D eigenvalue weighted by molar-refractivity contribution is 5.71. The van der Waals surface area contributed by atoms with Crippen molar-refractivity contribution in [3.05, 3.63) is 71.8 Å². The van der Waals surface area contributed by atoms with Gasteiger partial charge in [0.25, 0.3) is 0 Å². The number of nitrogens with two attached hydrogens (primary N) is 2. The lowest BCUT2D eigenvalue weighted by Crippen LogP contribution is -2.20. The smallest absolute Gasteiger partial charge is 0.231 e. The van der Waals surface area contributed by atoms with E-state index < -0.39 is 0 Å². The molecule has 2 rings (SSSR count). The van der Waals surface area contributed by atoms with Gasteiger partial charge in [-0.15, -0.1) is 0 Å². The predicted molar refractivity (Wildman–Crippen MR) is 88.6 cm³/mol. The fraction of sp³-hybridized carbons (Fsp3) is 0.0625. The van der Waals surface area contributed by atoms with Crippen molar-refractivity contribution >= 4 is 18.1 Å². The molecule has 0 aliphatic heterocycles. The van der Waals surface area contributed by atoms with E-state index in [4.69, 9.17) is 25.8 Å². The topological polar surface area (TPSA) is 158 Å². The van der Waals surface area contributed by atoms with Crippen molar-refractivity contribution in [2.24, 2.45) is 11.5 Å². The van der Waals surface area contributed by atoms with E-state index in [2.05, 4.69) is 72.1 Å². The van der Waals surface area contributed by atoms with Crippen LogP contribution in [0.5, 0.6) is 0 Å². The molecule has 7 N–H and O–H groups in total. The van der Waals surface area contributed by atoms with Crippen LogP contribution in [-0.4, -0.2) is 18.1 Å². The summed E-state index contributed by atoms with van der Waals surface area (Å²) < 4.78 is 0. The zero-order valence-electron chi connectivity index (χ0n) is 12.5. The van der Waals surface area contributed by atoms with Crippen molar-refractivity contribution < 1.29 is 9.59 Å². The van der Waals surface area contributed by atoms with E-state index in [1.165, 1.54) is 11.1 Å². The lowest BCUT2D eigenvalue weighted by atomic mass is 10.1. The van der Waals surface area contributed by atoms with Crippen LogP contribution in [0.15, 0.2) is 60.7 Å². The lowest BCUT2D eigenvalue weighted by Gasteiger charge is -2.00. The van der Waals surface area contributed by atoms with Crippen molar-refractivity contribution in [2.75, 3.05) is 0 Å². The molecule has 0 amide bonds. The van der Waals surface area contributed by atoms with Gasteiger partial charge in [0.05, 0.1) is 0 Å². The first kappa shape index (κ1) is 21.8. The van der Waals surface area contributed by atoms with Crippen LogP contribution in [-0.2, 0) is 16.0 Å².